The molecule has 0 aromatic heterocycles. The lowest BCUT2D eigenvalue weighted by molar-refractivity contribution is 0.129. The largest absolute Gasteiger partial charge is 0.491 e. The van der Waals surface area contributed by atoms with Gasteiger partial charge in [0, 0.05) is 19.7 Å². The van der Waals surface area contributed by atoms with Crippen LogP contribution < -0.4 is 15.4 Å². The minimum atomic E-state index is -0.648. The average molecular weight is 364 g/mol. The lowest BCUT2D eigenvalue weighted by atomic mass is 10.1. The Bertz CT molecular complexity index is 542. The molecule has 1 aliphatic carbocycles. The molecule has 2 rings (SSSR count). The summed E-state index contributed by atoms with van der Waals surface area (Å²) >= 11 is 0. The summed E-state index contributed by atoms with van der Waals surface area (Å²) < 4.78 is 11.2. The van der Waals surface area contributed by atoms with Crippen molar-refractivity contribution in [3.63, 3.8) is 0 Å². The number of hydrogen-bond acceptors (Lipinski definition) is 4. The zero-order valence-corrected chi connectivity index (χ0v) is 16.2. The molecule has 1 unspecified atom stereocenters. The van der Waals surface area contributed by atoms with Gasteiger partial charge in [-0.25, -0.2) is 0 Å². The molecule has 1 aliphatic rings. The zero-order valence-electron chi connectivity index (χ0n) is 16.2. The maximum Gasteiger partial charge on any atom is 0.191 e. The lowest BCUT2D eigenvalue weighted by Gasteiger charge is -2.14. The Kier molecular flexibility index (Phi) is 8.71. The summed E-state index contributed by atoms with van der Waals surface area (Å²) in [7, 11) is 0. The first kappa shape index (κ1) is 20.5. The van der Waals surface area contributed by atoms with Gasteiger partial charge in [-0.05, 0) is 57.2 Å². The van der Waals surface area contributed by atoms with Crippen LogP contribution in [-0.4, -0.2) is 50.0 Å². The fourth-order valence-corrected chi connectivity index (χ4v) is 2.44. The van der Waals surface area contributed by atoms with Crippen molar-refractivity contribution in [3.05, 3.63) is 29.8 Å². The van der Waals surface area contributed by atoms with Gasteiger partial charge in [-0.2, -0.15) is 0 Å². The molecule has 0 spiro atoms. The standard InChI is InChI=1S/C20H33N3O3/c1-4-21-20(22-11-12-25-14-16-5-6-16)23-13-19(24)17-7-9-18(10-8-17)26-15(2)3/h7-10,15-16,19,24H,4-6,11-14H2,1-3H3,(H2,21,22,23). The average Bonchev–Trinajstić information content (AvgIpc) is 3.43. The first-order valence-electron chi connectivity index (χ1n) is 9.63. The van der Waals surface area contributed by atoms with E-state index in [0.29, 0.717) is 25.7 Å². The third-order valence-corrected chi connectivity index (χ3v) is 3.99. The molecule has 1 saturated carbocycles. The topological polar surface area (TPSA) is 75.1 Å². The predicted molar refractivity (Wildman–Crippen MR) is 105 cm³/mol. The molecule has 146 valence electrons. The highest BCUT2D eigenvalue weighted by Crippen LogP contribution is 2.28. The summed E-state index contributed by atoms with van der Waals surface area (Å²) in [5.74, 6) is 2.28. The SMILES string of the molecule is CCNC(=NCC(O)c1ccc(OC(C)C)cc1)NCCOCC1CC1. The molecule has 0 heterocycles. The highest BCUT2D eigenvalue weighted by molar-refractivity contribution is 5.79. The van der Waals surface area contributed by atoms with Crippen molar-refractivity contribution in [1.82, 2.24) is 10.6 Å². The summed E-state index contributed by atoms with van der Waals surface area (Å²) in [6.07, 6.45) is 2.10. The van der Waals surface area contributed by atoms with E-state index in [4.69, 9.17) is 9.47 Å². The van der Waals surface area contributed by atoms with E-state index in [9.17, 15) is 5.11 Å². The van der Waals surface area contributed by atoms with Crippen molar-refractivity contribution in [3.8, 4) is 5.75 Å². The molecular weight excluding hydrogens is 330 g/mol. The molecule has 6 heteroatoms. The molecule has 1 fully saturated rings. The van der Waals surface area contributed by atoms with E-state index in [-0.39, 0.29) is 6.10 Å². The Hall–Kier alpha value is -1.79. The molecule has 0 aliphatic heterocycles. The van der Waals surface area contributed by atoms with Crippen LogP contribution in [0.3, 0.4) is 0 Å². The first-order valence-corrected chi connectivity index (χ1v) is 9.63. The van der Waals surface area contributed by atoms with Crippen LogP contribution in [0, 0.1) is 5.92 Å². The Labute approximate surface area is 157 Å². The van der Waals surface area contributed by atoms with Crippen LogP contribution in [0.2, 0.25) is 0 Å². The predicted octanol–water partition coefficient (Wildman–Crippen LogP) is 2.49. The molecular formula is C20H33N3O3. The summed E-state index contributed by atoms with van der Waals surface area (Å²) in [5.41, 5.74) is 0.827. The van der Waals surface area contributed by atoms with E-state index in [1.165, 1.54) is 12.8 Å². The quantitative estimate of drug-likeness (QED) is 0.320. The van der Waals surface area contributed by atoms with Gasteiger partial charge in [0.05, 0.1) is 25.4 Å². The van der Waals surface area contributed by atoms with E-state index < -0.39 is 6.10 Å². The fraction of sp³-hybridized carbons (Fsp3) is 0.650. The second-order valence-corrected chi connectivity index (χ2v) is 6.92. The smallest absolute Gasteiger partial charge is 0.191 e. The molecule has 6 nitrogen and oxygen atoms in total. The van der Waals surface area contributed by atoms with Crippen molar-refractivity contribution in [2.45, 2.75) is 45.8 Å². The highest BCUT2D eigenvalue weighted by Gasteiger charge is 2.20. The number of hydrogen-bond donors (Lipinski definition) is 3. The van der Waals surface area contributed by atoms with Crippen molar-refractivity contribution in [2.24, 2.45) is 10.9 Å². The zero-order chi connectivity index (χ0) is 18.8. The van der Waals surface area contributed by atoms with E-state index in [0.717, 1.165) is 30.4 Å². The van der Waals surface area contributed by atoms with Crippen LogP contribution >= 0.6 is 0 Å². The van der Waals surface area contributed by atoms with Crippen LogP contribution in [0.15, 0.2) is 29.3 Å². The van der Waals surface area contributed by atoms with E-state index in [1.807, 2.05) is 45.0 Å². The maximum atomic E-state index is 10.4. The normalized spacial score (nSPS) is 15.8. The molecule has 1 aromatic rings. The number of aliphatic hydroxyl groups is 1. The van der Waals surface area contributed by atoms with E-state index >= 15 is 0 Å². The molecule has 3 N–H and O–H groups in total. The van der Waals surface area contributed by atoms with Gasteiger partial charge in [-0.15, -0.1) is 0 Å². The monoisotopic (exact) mass is 363 g/mol. The molecule has 26 heavy (non-hydrogen) atoms. The number of ether oxygens (including phenoxy) is 2. The Morgan fingerprint density at radius 1 is 1.23 bits per heavy atom. The number of nitrogens with one attached hydrogen (secondary N) is 2. The van der Waals surface area contributed by atoms with E-state index in [1.54, 1.807) is 0 Å². The third-order valence-electron chi connectivity index (χ3n) is 3.99. The van der Waals surface area contributed by atoms with E-state index in [2.05, 4.69) is 15.6 Å². The van der Waals surface area contributed by atoms with Crippen molar-refractivity contribution >= 4 is 5.96 Å². The third kappa shape index (κ3) is 8.06. The van der Waals surface area contributed by atoms with Gasteiger partial charge in [0.15, 0.2) is 5.96 Å². The van der Waals surface area contributed by atoms with Crippen LogP contribution in [0.4, 0.5) is 0 Å². The highest BCUT2D eigenvalue weighted by atomic mass is 16.5. The Morgan fingerprint density at radius 3 is 2.58 bits per heavy atom. The number of rotatable bonds is 11. The van der Waals surface area contributed by atoms with Gasteiger partial charge in [-0.1, -0.05) is 12.1 Å². The minimum Gasteiger partial charge on any atom is -0.491 e. The van der Waals surface area contributed by atoms with Gasteiger partial charge in [-0.3, -0.25) is 4.99 Å². The first-order chi connectivity index (χ1) is 12.6. The van der Waals surface area contributed by atoms with Gasteiger partial charge in [0.25, 0.3) is 0 Å². The van der Waals surface area contributed by atoms with Crippen LogP contribution in [0.1, 0.15) is 45.3 Å². The molecule has 1 aromatic carbocycles. The van der Waals surface area contributed by atoms with Crippen molar-refractivity contribution < 1.29 is 14.6 Å². The van der Waals surface area contributed by atoms with Gasteiger partial charge in [0.2, 0.25) is 0 Å². The van der Waals surface area contributed by atoms with Crippen molar-refractivity contribution in [2.75, 3.05) is 32.8 Å². The van der Waals surface area contributed by atoms with Crippen LogP contribution in [0.25, 0.3) is 0 Å². The van der Waals surface area contributed by atoms with Crippen LogP contribution in [0.5, 0.6) is 5.75 Å². The van der Waals surface area contributed by atoms with Gasteiger partial charge >= 0.3 is 0 Å². The lowest BCUT2D eigenvalue weighted by Crippen LogP contribution is -2.39. The second-order valence-electron chi connectivity index (χ2n) is 6.92. The minimum absolute atomic E-state index is 0.136. The van der Waals surface area contributed by atoms with Gasteiger partial charge < -0.3 is 25.2 Å². The maximum absolute atomic E-state index is 10.4. The number of guanidine groups is 1. The van der Waals surface area contributed by atoms with Gasteiger partial charge in [0.1, 0.15) is 5.75 Å². The fourth-order valence-electron chi connectivity index (χ4n) is 2.44. The second kappa shape index (κ2) is 11.0. The number of nitrogens with zero attached hydrogens (tertiary/aromatic N) is 1. The Morgan fingerprint density at radius 2 is 1.96 bits per heavy atom. The number of benzene rings is 1. The van der Waals surface area contributed by atoms with Crippen molar-refractivity contribution in [1.29, 1.82) is 0 Å². The summed E-state index contributed by atoms with van der Waals surface area (Å²) in [5, 5.41) is 16.8. The molecule has 0 amide bonds. The molecule has 0 radical (unpaired) electrons. The molecule has 0 saturated heterocycles. The molecule has 0 bridgehead atoms. The summed E-state index contributed by atoms with van der Waals surface area (Å²) in [4.78, 5) is 4.46. The number of aliphatic hydroxyl groups excluding tert-OH is 1. The van der Waals surface area contributed by atoms with Crippen LogP contribution in [-0.2, 0) is 4.74 Å². The summed E-state index contributed by atoms with van der Waals surface area (Å²) in [6.45, 7) is 9.30. The summed E-state index contributed by atoms with van der Waals surface area (Å²) in [6, 6.07) is 7.51. The number of aliphatic imine (C=N–C) groups is 1. The Balaban J connectivity index is 1.76. The molecule has 1 atom stereocenters.